The molecule has 0 unspecified atom stereocenters. The third kappa shape index (κ3) is 5.15. The molecule has 1 heterocycles. The molecule has 0 spiro atoms. The third-order valence-electron chi connectivity index (χ3n) is 4.73. The van der Waals surface area contributed by atoms with Crippen molar-refractivity contribution in [1.82, 2.24) is 10.2 Å². The Balaban J connectivity index is 1.89. The summed E-state index contributed by atoms with van der Waals surface area (Å²) in [5, 5.41) is 3.52. The summed E-state index contributed by atoms with van der Waals surface area (Å²) in [5.74, 6) is 2.99. The van der Waals surface area contributed by atoms with Gasteiger partial charge in [-0.25, -0.2) is 0 Å². The normalized spacial score (nSPS) is 15.3. The number of hydrogen-bond acceptors (Lipinski definition) is 3. The lowest BCUT2D eigenvalue weighted by atomic mass is 10.0. The molecule has 3 nitrogen and oxygen atoms in total. The van der Waals surface area contributed by atoms with E-state index >= 15 is 0 Å². The van der Waals surface area contributed by atoms with E-state index in [2.05, 4.69) is 44.0 Å². The molecule has 1 aliphatic carbocycles. The summed E-state index contributed by atoms with van der Waals surface area (Å²) >= 11 is 0. The molecule has 0 radical (unpaired) electrons. The van der Waals surface area contributed by atoms with Gasteiger partial charge in [0.1, 0.15) is 11.5 Å². The highest BCUT2D eigenvalue weighted by molar-refractivity contribution is 5.21. The quantitative estimate of drug-likeness (QED) is 0.704. The van der Waals surface area contributed by atoms with Crippen LogP contribution in [0.25, 0.3) is 0 Å². The van der Waals surface area contributed by atoms with E-state index in [1.54, 1.807) is 0 Å². The first kappa shape index (κ1) is 16.6. The van der Waals surface area contributed by atoms with Crippen LogP contribution in [0.15, 0.2) is 10.5 Å². The van der Waals surface area contributed by atoms with Gasteiger partial charge >= 0.3 is 0 Å². The van der Waals surface area contributed by atoms with E-state index in [0.717, 1.165) is 43.1 Å². The molecular weight excluding hydrogens is 260 g/mol. The molecule has 1 aromatic heterocycles. The van der Waals surface area contributed by atoms with Crippen LogP contribution in [0.2, 0.25) is 0 Å². The fourth-order valence-corrected chi connectivity index (χ4v) is 2.82. The zero-order valence-electron chi connectivity index (χ0n) is 14.2. The van der Waals surface area contributed by atoms with Crippen molar-refractivity contribution in [1.29, 1.82) is 0 Å². The van der Waals surface area contributed by atoms with Gasteiger partial charge in [-0.3, -0.25) is 4.90 Å². The predicted octanol–water partition coefficient (Wildman–Crippen LogP) is 4.10. The summed E-state index contributed by atoms with van der Waals surface area (Å²) < 4.78 is 5.91. The number of rotatable bonds is 10. The molecule has 0 saturated heterocycles. The van der Waals surface area contributed by atoms with Gasteiger partial charge < -0.3 is 9.73 Å². The van der Waals surface area contributed by atoms with Gasteiger partial charge in [-0.2, -0.15) is 0 Å². The van der Waals surface area contributed by atoms with Crippen LogP contribution in [-0.4, -0.2) is 24.0 Å². The maximum atomic E-state index is 5.91. The minimum Gasteiger partial charge on any atom is -0.465 e. The maximum Gasteiger partial charge on any atom is 0.118 e. The first-order chi connectivity index (χ1) is 10.2. The van der Waals surface area contributed by atoms with Gasteiger partial charge in [-0.1, -0.05) is 33.6 Å². The number of nitrogens with zero attached hydrogens (tertiary/aromatic N) is 1. The Morgan fingerprint density at radius 1 is 1.29 bits per heavy atom. The van der Waals surface area contributed by atoms with Crippen molar-refractivity contribution in [3.63, 3.8) is 0 Å². The largest absolute Gasteiger partial charge is 0.465 e. The zero-order chi connectivity index (χ0) is 15.2. The van der Waals surface area contributed by atoms with Crippen LogP contribution < -0.4 is 5.32 Å². The molecule has 2 rings (SSSR count). The van der Waals surface area contributed by atoms with Crippen molar-refractivity contribution in [3.05, 3.63) is 23.2 Å². The summed E-state index contributed by atoms with van der Waals surface area (Å²) in [6, 6.07) is 2.99. The molecule has 0 aromatic carbocycles. The monoisotopic (exact) mass is 292 g/mol. The number of hydrogen-bond donors (Lipinski definition) is 1. The summed E-state index contributed by atoms with van der Waals surface area (Å²) in [6.45, 7) is 13.2. The maximum absolute atomic E-state index is 5.91. The molecule has 21 heavy (non-hydrogen) atoms. The van der Waals surface area contributed by atoms with Crippen LogP contribution in [0.4, 0.5) is 0 Å². The Hall–Kier alpha value is -0.800. The Labute approximate surface area is 130 Å². The smallest absolute Gasteiger partial charge is 0.118 e. The number of furan rings is 1. The first-order valence-electron chi connectivity index (χ1n) is 8.70. The van der Waals surface area contributed by atoms with Crippen LogP contribution in [0.3, 0.4) is 0 Å². The fraction of sp³-hybridized carbons (Fsp3) is 0.778. The molecule has 0 atom stereocenters. The van der Waals surface area contributed by atoms with Gasteiger partial charge in [-0.05, 0) is 38.3 Å². The highest BCUT2D eigenvalue weighted by Gasteiger charge is 2.21. The van der Waals surface area contributed by atoms with E-state index < -0.39 is 0 Å². The standard InChI is InChI=1S/C18H32N2O/c1-5-15(6-2)12-20(7-3)13-16-10-18(21-14(16)4)11-19-17-8-9-17/h10,15,17,19H,5-9,11-13H2,1-4H3. The Bertz CT molecular complexity index is 419. The lowest BCUT2D eigenvalue weighted by molar-refractivity contribution is 0.225. The Morgan fingerprint density at radius 2 is 2.00 bits per heavy atom. The van der Waals surface area contributed by atoms with Gasteiger partial charge in [0, 0.05) is 24.7 Å². The summed E-state index contributed by atoms with van der Waals surface area (Å²) in [6.07, 6.45) is 5.19. The molecule has 3 heteroatoms. The average molecular weight is 292 g/mol. The Kier molecular flexibility index (Phi) is 6.31. The van der Waals surface area contributed by atoms with Crippen LogP contribution in [0.5, 0.6) is 0 Å². The molecule has 1 aromatic rings. The molecule has 1 saturated carbocycles. The average Bonchev–Trinajstić information content (AvgIpc) is 3.26. The predicted molar refractivity (Wildman–Crippen MR) is 88.3 cm³/mol. The van der Waals surface area contributed by atoms with Crippen LogP contribution in [0, 0.1) is 12.8 Å². The fourth-order valence-electron chi connectivity index (χ4n) is 2.82. The van der Waals surface area contributed by atoms with Crippen LogP contribution >= 0.6 is 0 Å². The summed E-state index contributed by atoms with van der Waals surface area (Å²) in [5.41, 5.74) is 1.36. The summed E-state index contributed by atoms with van der Waals surface area (Å²) in [7, 11) is 0. The molecule has 0 aliphatic heterocycles. The van der Waals surface area contributed by atoms with Gasteiger partial charge in [0.05, 0.1) is 6.54 Å². The Morgan fingerprint density at radius 3 is 2.57 bits per heavy atom. The second-order valence-electron chi connectivity index (χ2n) is 6.46. The van der Waals surface area contributed by atoms with Crippen molar-refractivity contribution in [2.24, 2.45) is 5.92 Å². The first-order valence-corrected chi connectivity index (χ1v) is 8.70. The molecule has 1 aliphatic rings. The van der Waals surface area contributed by atoms with E-state index in [0.29, 0.717) is 0 Å². The molecular formula is C18H32N2O. The van der Waals surface area contributed by atoms with Crippen molar-refractivity contribution in [3.8, 4) is 0 Å². The molecule has 1 N–H and O–H groups in total. The van der Waals surface area contributed by atoms with E-state index in [1.807, 2.05) is 0 Å². The molecule has 120 valence electrons. The molecule has 1 fully saturated rings. The van der Waals surface area contributed by atoms with E-state index in [9.17, 15) is 0 Å². The van der Waals surface area contributed by atoms with Gasteiger partial charge in [-0.15, -0.1) is 0 Å². The second-order valence-corrected chi connectivity index (χ2v) is 6.46. The van der Waals surface area contributed by atoms with Crippen LogP contribution in [-0.2, 0) is 13.1 Å². The number of aryl methyl sites for hydroxylation is 1. The van der Waals surface area contributed by atoms with Crippen molar-refractivity contribution >= 4 is 0 Å². The molecule has 0 amide bonds. The van der Waals surface area contributed by atoms with E-state index in [-0.39, 0.29) is 0 Å². The van der Waals surface area contributed by atoms with Crippen LogP contribution in [0.1, 0.15) is 63.5 Å². The highest BCUT2D eigenvalue weighted by Crippen LogP contribution is 2.22. The lowest BCUT2D eigenvalue weighted by Crippen LogP contribution is -2.28. The minimum absolute atomic E-state index is 0.737. The van der Waals surface area contributed by atoms with E-state index in [4.69, 9.17) is 4.42 Å². The van der Waals surface area contributed by atoms with Crippen molar-refractivity contribution < 1.29 is 4.42 Å². The van der Waals surface area contributed by atoms with Gasteiger partial charge in [0.25, 0.3) is 0 Å². The van der Waals surface area contributed by atoms with Gasteiger partial charge in [0.2, 0.25) is 0 Å². The SMILES string of the molecule is CCC(CC)CN(CC)Cc1cc(CNC2CC2)oc1C. The number of nitrogens with one attached hydrogen (secondary N) is 1. The molecule has 0 bridgehead atoms. The highest BCUT2D eigenvalue weighted by atomic mass is 16.3. The van der Waals surface area contributed by atoms with Crippen molar-refractivity contribution in [2.75, 3.05) is 13.1 Å². The zero-order valence-corrected chi connectivity index (χ0v) is 14.2. The topological polar surface area (TPSA) is 28.4 Å². The minimum atomic E-state index is 0.737. The lowest BCUT2D eigenvalue weighted by Gasteiger charge is -2.24. The third-order valence-corrected chi connectivity index (χ3v) is 4.73. The second kappa shape index (κ2) is 8.00. The van der Waals surface area contributed by atoms with E-state index in [1.165, 1.54) is 37.8 Å². The summed E-state index contributed by atoms with van der Waals surface area (Å²) in [4.78, 5) is 2.55. The van der Waals surface area contributed by atoms with Gasteiger partial charge in [0.15, 0.2) is 0 Å². The van der Waals surface area contributed by atoms with Crippen molar-refractivity contribution in [2.45, 2.75) is 72.5 Å².